The fraction of sp³-hybridized carbons (Fsp3) is 1.00. The first-order valence-corrected chi connectivity index (χ1v) is 11.3. The molecule has 0 heterocycles. The summed E-state index contributed by atoms with van der Waals surface area (Å²) < 4.78 is 49.3. The summed E-state index contributed by atoms with van der Waals surface area (Å²) in [7, 11) is -8.48. The van der Waals surface area contributed by atoms with Crippen LogP contribution in [0.25, 0.3) is 10.4 Å². The summed E-state index contributed by atoms with van der Waals surface area (Å²) in [5.74, 6) is 0. The van der Waals surface area contributed by atoms with Gasteiger partial charge in [0.2, 0.25) is 5.02 Å². The highest BCUT2D eigenvalue weighted by Gasteiger charge is 2.63. The first-order valence-electron chi connectivity index (χ1n) is 8.23. The van der Waals surface area contributed by atoms with Crippen LogP contribution in [0.3, 0.4) is 0 Å². The quantitative estimate of drug-likeness (QED) is 0.180. The highest BCUT2D eigenvalue weighted by Crippen LogP contribution is 2.79. The van der Waals surface area contributed by atoms with Crippen molar-refractivity contribution in [2.45, 2.75) is 91.8 Å². The summed E-state index contributed by atoms with van der Waals surface area (Å²) in [6, 6.07) is 0. The third kappa shape index (κ3) is 6.37. The lowest BCUT2D eigenvalue weighted by molar-refractivity contribution is 0.112. The molecule has 25 heavy (non-hydrogen) atoms. The molecule has 0 saturated heterocycles. The van der Waals surface area contributed by atoms with Crippen molar-refractivity contribution in [1.82, 2.24) is 0 Å². The van der Waals surface area contributed by atoms with E-state index in [0.29, 0.717) is 0 Å². The molecule has 0 aromatic carbocycles. The molecule has 0 saturated carbocycles. The van der Waals surface area contributed by atoms with Gasteiger partial charge in [0, 0.05) is 4.91 Å². The van der Waals surface area contributed by atoms with Gasteiger partial charge in [-0.25, -0.2) is 0 Å². The molecule has 0 unspecified atom stereocenters. The minimum Gasteiger partial charge on any atom is -0.305 e. The number of hydrogen-bond donors (Lipinski definition) is 0. The van der Waals surface area contributed by atoms with E-state index in [-0.39, 0.29) is 0 Å². The molecule has 11 heteroatoms. The van der Waals surface area contributed by atoms with Gasteiger partial charge in [-0.1, -0.05) is 5.11 Å². The summed E-state index contributed by atoms with van der Waals surface area (Å²) >= 11 is 0. The van der Waals surface area contributed by atoms with Crippen LogP contribution in [-0.4, -0.2) is 29.4 Å². The van der Waals surface area contributed by atoms with E-state index in [0.717, 1.165) is 0 Å². The molecular weight excluding hydrogens is 368 g/mol. The van der Waals surface area contributed by atoms with Crippen LogP contribution < -0.4 is 0 Å². The molecule has 0 aromatic heterocycles. The average molecular weight is 399 g/mol. The van der Waals surface area contributed by atoms with Crippen LogP contribution in [0.2, 0.25) is 0 Å². The Bertz CT molecular complexity index is 507. The fourth-order valence-electron chi connectivity index (χ4n) is 1.90. The van der Waals surface area contributed by atoms with Gasteiger partial charge < -0.3 is 18.1 Å². The van der Waals surface area contributed by atoms with Crippen molar-refractivity contribution < 1.29 is 27.2 Å². The summed E-state index contributed by atoms with van der Waals surface area (Å²) in [6.07, 6.45) is -2.15. The van der Waals surface area contributed by atoms with Crippen molar-refractivity contribution in [2.75, 3.05) is 0 Å². The normalized spacial score (nSPS) is 13.8. The zero-order valence-corrected chi connectivity index (χ0v) is 18.3. The maximum absolute atomic E-state index is 13.6. The molecule has 0 spiro atoms. The Hall–Kier alpha value is -0.390. The Kier molecular flexibility index (Phi) is 9.37. The lowest BCUT2D eigenvalue weighted by Gasteiger charge is -2.39. The van der Waals surface area contributed by atoms with Crippen LogP contribution in [0, 0.1) is 0 Å². The summed E-state index contributed by atoms with van der Waals surface area (Å²) in [5, 5.41) is 1.38. The second-order valence-electron chi connectivity index (χ2n) is 6.77. The lowest BCUT2D eigenvalue weighted by atomic mass is 10.5. The van der Waals surface area contributed by atoms with Gasteiger partial charge in [-0.3, -0.25) is 9.13 Å². The fourth-order valence-corrected chi connectivity index (χ4v) is 7.09. The second kappa shape index (κ2) is 9.52. The molecule has 0 aliphatic carbocycles. The molecule has 9 nitrogen and oxygen atoms in total. The van der Waals surface area contributed by atoms with Gasteiger partial charge in [-0.2, -0.15) is 0 Å². The highest BCUT2D eigenvalue weighted by molar-refractivity contribution is 7.74. The molecule has 0 amide bonds. The third-order valence-electron chi connectivity index (χ3n) is 2.67. The zero-order chi connectivity index (χ0) is 20.1. The molecule has 0 bridgehead atoms. The Morgan fingerprint density at radius 2 is 1.00 bits per heavy atom. The predicted octanol–water partition coefficient (Wildman–Crippen LogP) is 6.06. The number of azide groups is 1. The predicted molar refractivity (Wildman–Crippen MR) is 97.6 cm³/mol. The van der Waals surface area contributed by atoms with E-state index in [1.165, 1.54) is 6.92 Å². The minimum atomic E-state index is -4.24. The van der Waals surface area contributed by atoms with E-state index in [2.05, 4.69) is 10.0 Å². The van der Waals surface area contributed by atoms with E-state index >= 15 is 0 Å². The molecule has 0 radical (unpaired) electrons. The van der Waals surface area contributed by atoms with Crippen LogP contribution in [0.1, 0.15) is 62.3 Å². The summed E-state index contributed by atoms with van der Waals surface area (Å²) in [5.41, 5.74) is 9.06. The minimum absolute atomic E-state index is 0.538. The zero-order valence-electron chi connectivity index (χ0n) is 16.5. The van der Waals surface area contributed by atoms with Gasteiger partial charge in [-0.05, 0) is 67.8 Å². The maximum atomic E-state index is 13.6. The second-order valence-corrected chi connectivity index (χ2v) is 11.7. The van der Waals surface area contributed by atoms with Crippen molar-refractivity contribution in [2.24, 2.45) is 5.11 Å². The average Bonchev–Trinajstić information content (AvgIpc) is 2.34. The molecule has 148 valence electrons. The SMILES string of the molecule is CC(C)OP(=O)(OC(C)C)C(C)(N=[N+]=[N-])P(=O)(OC(C)C)OC(C)C. The number of nitrogens with zero attached hydrogens (tertiary/aromatic N) is 3. The molecule has 0 aliphatic rings. The Labute approximate surface area is 150 Å². The largest absolute Gasteiger partial charge is 0.355 e. The van der Waals surface area contributed by atoms with Crippen LogP contribution >= 0.6 is 15.2 Å². The van der Waals surface area contributed by atoms with Crippen LogP contribution in [0.5, 0.6) is 0 Å². The first kappa shape index (κ1) is 24.6. The highest BCUT2D eigenvalue weighted by atomic mass is 31.2. The Balaban J connectivity index is 6.56. The van der Waals surface area contributed by atoms with Crippen molar-refractivity contribution in [3.05, 3.63) is 10.4 Å². The molecule has 0 fully saturated rings. The molecular formula is C14H31N3O6P2. The number of rotatable bonds is 11. The van der Waals surface area contributed by atoms with Gasteiger partial charge in [0.05, 0.1) is 24.4 Å². The monoisotopic (exact) mass is 399 g/mol. The Morgan fingerprint density at radius 3 is 1.16 bits per heavy atom. The van der Waals surface area contributed by atoms with Gasteiger partial charge in [0.25, 0.3) is 0 Å². The van der Waals surface area contributed by atoms with Crippen molar-refractivity contribution >= 4 is 15.2 Å². The van der Waals surface area contributed by atoms with Gasteiger partial charge in [-0.15, -0.1) is 0 Å². The van der Waals surface area contributed by atoms with E-state index in [1.54, 1.807) is 55.4 Å². The first-order chi connectivity index (χ1) is 11.2. The van der Waals surface area contributed by atoms with E-state index in [4.69, 9.17) is 23.6 Å². The van der Waals surface area contributed by atoms with Crippen molar-refractivity contribution in [3.63, 3.8) is 0 Å². The van der Waals surface area contributed by atoms with Gasteiger partial charge >= 0.3 is 15.2 Å². The van der Waals surface area contributed by atoms with E-state index in [1.807, 2.05) is 0 Å². The standard InChI is InChI=1S/C14H31N3O6P2/c1-10(2)20-24(18,21-11(3)4)14(9,16-17-15)25(19,22-12(5)6)23-13(7)8/h10-13H,1-9H3. The molecule has 0 rings (SSSR count). The summed E-state index contributed by atoms with van der Waals surface area (Å²) in [6.45, 7) is 14.4. The third-order valence-corrected chi connectivity index (χ3v) is 9.19. The van der Waals surface area contributed by atoms with E-state index < -0.39 is 44.6 Å². The van der Waals surface area contributed by atoms with E-state index in [9.17, 15) is 9.13 Å². The van der Waals surface area contributed by atoms with Crippen molar-refractivity contribution in [1.29, 1.82) is 0 Å². The summed E-state index contributed by atoms with van der Waals surface area (Å²) in [4.78, 5) is 2.73. The molecule has 0 aromatic rings. The van der Waals surface area contributed by atoms with Crippen molar-refractivity contribution in [3.8, 4) is 0 Å². The van der Waals surface area contributed by atoms with Gasteiger partial charge in [0.1, 0.15) is 0 Å². The molecule has 0 atom stereocenters. The maximum Gasteiger partial charge on any atom is 0.355 e. The van der Waals surface area contributed by atoms with Crippen LogP contribution in [0.4, 0.5) is 0 Å². The molecule has 0 aliphatic heterocycles. The topological polar surface area (TPSA) is 120 Å². The number of hydrogen-bond acceptors (Lipinski definition) is 7. The van der Waals surface area contributed by atoms with Crippen LogP contribution in [-0.2, 0) is 27.2 Å². The van der Waals surface area contributed by atoms with Gasteiger partial charge in [0.15, 0.2) is 0 Å². The van der Waals surface area contributed by atoms with Crippen LogP contribution in [0.15, 0.2) is 5.11 Å². The smallest absolute Gasteiger partial charge is 0.305 e. The Morgan fingerprint density at radius 1 is 0.760 bits per heavy atom. The lowest BCUT2D eigenvalue weighted by Crippen LogP contribution is -2.31. The molecule has 0 N–H and O–H groups in total.